The highest BCUT2D eigenvalue weighted by Crippen LogP contribution is 2.31. The highest BCUT2D eigenvalue weighted by Gasteiger charge is 2.44. The van der Waals surface area contributed by atoms with Gasteiger partial charge in [0.1, 0.15) is 5.69 Å². The maximum atomic E-state index is 12.1. The van der Waals surface area contributed by atoms with Gasteiger partial charge in [-0.05, 0) is 0 Å². The summed E-state index contributed by atoms with van der Waals surface area (Å²) in [5.41, 5.74) is -1.66. The number of nitrogens with zero attached hydrogens (tertiary/aromatic N) is 1. The third kappa shape index (κ3) is 2.69. The van der Waals surface area contributed by atoms with Gasteiger partial charge in [-0.1, -0.05) is 34.8 Å². The molecule has 108 valence electrons. The first-order chi connectivity index (χ1) is 9.37. The molecule has 1 aliphatic heterocycles. The number of carboxylic acid groups (broad SMARTS) is 1. The fraction of sp³-hybridized carbons (Fsp3) is 0.364. The van der Waals surface area contributed by atoms with E-state index in [0.717, 1.165) is 0 Å². The van der Waals surface area contributed by atoms with E-state index in [1.807, 2.05) is 0 Å². The number of ether oxygens (including phenoxy) is 1. The Kier molecular flexibility index (Phi) is 4.39. The van der Waals surface area contributed by atoms with Gasteiger partial charge in [-0.2, -0.15) is 0 Å². The van der Waals surface area contributed by atoms with Crippen molar-refractivity contribution in [2.75, 3.05) is 13.2 Å². The lowest BCUT2D eigenvalue weighted by Crippen LogP contribution is -2.55. The van der Waals surface area contributed by atoms with Crippen LogP contribution in [0.4, 0.5) is 0 Å². The van der Waals surface area contributed by atoms with E-state index in [0.29, 0.717) is 0 Å². The molecule has 9 heteroatoms. The van der Waals surface area contributed by atoms with Gasteiger partial charge >= 0.3 is 5.97 Å². The number of nitrogens with one attached hydrogen (secondary N) is 1. The van der Waals surface area contributed by atoms with E-state index in [2.05, 4.69) is 10.3 Å². The zero-order valence-electron chi connectivity index (χ0n) is 9.95. The number of pyridine rings is 1. The van der Waals surface area contributed by atoms with Crippen LogP contribution in [0, 0.1) is 0 Å². The second-order valence-electron chi connectivity index (χ2n) is 4.23. The summed E-state index contributed by atoms with van der Waals surface area (Å²) in [5.74, 6) is -1.93. The van der Waals surface area contributed by atoms with Crippen LogP contribution in [0.15, 0.2) is 6.20 Å². The van der Waals surface area contributed by atoms with Crippen LogP contribution >= 0.6 is 34.8 Å². The smallest absolute Gasteiger partial charge is 0.331 e. The van der Waals surface area contributed by atoms with Crippen molar-refractivity contribution < 1.29 is 19.4 Å². The molecule has 1 saturated heterocycles. The minimum Gasteiger partial charge on any atom is -0.479 e. The van der Waals surface area contributed by atoms with Crippen molar-refractivity contribution in [2.45, 2.75) is 12.0 Å². The van der Waals surface area contributed by atoms with E-state index in [4.69, 9.17) is 39.5 Å². The van der Waals surface area contributed by atoms with Gasteiger partial charge in [0.2, 0.25) is 0 Å². The molecule has 1 aromatic rings. The molecule has 0 saturated carbocycles. The Bertz CT molecular complexity index is 573. The normalized spacial score (nSPS) is 21.8. The summed E-state index contributed by atoms with van der Waals surface area (Å²) < 4.78 is 5.04. The van der Waals surface area contributed by atoms with Crippen LogP contribution in [0.2, 0.25) is 15.1 Å². The average molecular weight is 340 g/mol. The number of carboxylic acids is 1. The average Bonchev–Trinajstić information content (AvgIpc) is 2.86. The Labute approximate surface area is 129 Å². The van der Waals surface area contributed by atoms with Crippen LogP contribution in [0.5, 0.6) is 0 Å². The lowest BCUT2D eigenvalue weighted by Gasteiger charge is -2.23. The molecule has 1 aliphatic rings. The number of halogens is 3. The summed E-state index contributed by atoms with van der Waals surface area (Å²) in [4.78, 5) is 27.2. The van der Waals surface area contributed by atoms with Crippen LogP contribution in [0.3, 0.4) is 0 Å². The number of aliphatic carboxylic acids is 1. The van der Waals surface area contributed by atoms with Crippen LogP contribution in [0.1, 0.15) is 16.9 Å². The van der Waals surface area contributed by atoms with Crippen LogP contribution < -0.4 is 5.32 Å². The molecule has 0 bridgehead atoms. The third-order valence-electron chi connectivity index (χ3n) is 2.92. The van der Waals surface area contributed by atoms with Crippen molar-refractivity contribution in [3.63, 3.8) is 0 Å². The Morgan fingerprint density at radius 1 is 1.35 bits per heavy atom. The summed E-state index contributed by atoms with van der Waals surface area (Å²) in [6.07, 6.45) is 1.33. The molecule has 1 amide bonds. The predicted octanol–water partition coefficient (Wildman–Crippen LogP) is 2.02. The minimum atomic E-state index is -1.48. The molecule has 2 rings (SSSR count). The summed E-state index contributed by atoms with van der Waals surface area (Å²) >= 11 is 17.4. The van der Waals surface area contributed by atoms with Gasteiger partial charge in [-0.3, -0.25) is 4.79 Å². The van der Waals surface area contributed by atoms with E-state index in [1.165, 1.54) is 6.20 Å². The minimum absolute atomic E-state index is 0.0134. The van der Waals surface area contributed by atoms with Crippen molar-refractivity contribution in [2.24, 2.45) is 0 Å². The number of amides is 1. The van der Waals surface area contributed by atoms with E-state index < -0.39 is 17.4 Å². The lowest BCUT2D eigenvalue weighted by atomic mass is 9.99. The fourth-order valence-electron chi connectivity index (χ4n) is 1.76. The number of hydrogen-bond donors (Lipinski definition) is 2. The van der Waals surface area contributed by atoms with E-state index in [1.54, 1.807) is 0 Å². The molecule has 1 atom stereocenters. The number of hydrogen-bond acceptors (Lipinski definition) is 4. The maximum Gasteiger partial charge on any atom is 0.331 e. The van der Waals surface area contributed by atoms with Crippen LogP contribution in [0.25, 0.3) is 0 Å². The molecule has 2 heterocycles. The highest BCUT2D eigenvalue weighted by atomic mass is 35.5. The van der Waals surface area contributed by atoms with Crippen molar-refractivity contribution in [3.05, 3.63) is 27.0 Å². The Morgan fingerprint density at radius 2 is 2.05 bits per heavy atom. The van der Waals surface area contributed by atoms with Gasteiger partial charge < -0.3 is 15.2 Å². The number of aromatic nitrogens is 1. The first kappa shape index (κ1) is 15.3. The number of carbonyl (C=O) groups is 2. The quantitative estimate of drug-likeness (QED) is 0.879. The molecule has 2 N–H and O–H groups in total. The zero-order chi connectivity index (χ0) is 14.9. The van der Waals surface area contributed by atoms with Crippen molar-refractivity contribution in [1.82, 2.24) is 10.3 Å². The molecule has 6 nitrogen and oxygen atoms in total. The predicted molar refractivity (Wildman–Crippen MR) is 72.5 cm³/mol. The molecule has 20 heavy (non-hydrogen) atoms. The SMILES string of the molecule is O=C(NC1(C(=O)O)CCOC1)c1ncc(Cl)c(Cl)c1Cl. The summed E-state index contributed by atoms with van der Waals surface area (Å²) in [5, 5.41) is 11.6. The molecule has 0 aromatic carbocycles. The van der Waals surface area contributed by atoms with Gasteiger partial charge in [0.25, 0.3) is 5.91 Å². The Balaban J connectivity index is 2.28. The second-order valence-corrected chi connectivity index (χ2v) is 5.39. The van der Waals surface area contributed by atoms with Gasteiger partial charge in [0, 0.05) is 19.2 Å². The molecule has 0 spiro atoms. The van der Waals surface area contributed by atoms with Crippen molar-refractivity contribution in [1.29, 1.82) is 0 Å². The Morgan fingerprint density at radius 3 is 2.60 bits per heavy atom. The highest BCUT2D eigenvalue weighted by molar-refractivity contribution is 6.48. The standard InChI is InChI=1S/C11H9Cl3N2O4/c12-5-3-15-8(7(14)6(5)13)9(17)16-11(10(18)19)1-2-20-4-11/h3H,1-2,4H2,(H,16,17)(H,18,19). The van der Waals surface area contributed by atoms with Gasteiger partial charge in [0.15, 0.2) is 5.54 Å². The van der Waals surface area contributed by atoms with Gasteiger partial charge in [-0.25, -0.2) is 9.78 Å². The summed E-state index contributed by atoms with van der Waals surface area (Å²) in [6, 6.07) is 0. The lowest BCUT2D eigenvalue weighted by molar-refractivity contribution is -0.144. The molecular weight excluding hydrogens is 330 g/mol. The molecule has 1 fully saturated rings. The number of carbonyl (C=O) groups excluding carboxylic acids is 1. The van der Waals surface area contributed by atoms with Crippen molar-refractivity contribution in [3.8, 4) is 0 Å². The largest absolute Gasteiger partial charge is 0.479 e. The van der Waals surface area contributed by atoms with E-state index in [-0.39, 0.29) is 40.4 Å². The van der Waals surface area contributed by atoms with E-state index in [9.17, 15) is 14.7 Å². The summed E-state index contributed by atoms with van der Waals surface area (Å²) in [6.45, 7) is 0.127. The van der Waals surface area contributed by atoms with Gasteiger partial charge in [-0.15, -0.1) is 0 Å². The maximum absolute atomic E-state index is 12.1. The van der Waals surface area contributed by atoms with Crippen LogP contribution in [-0.4, -0.2) is 40.7 Å². The monoisotopic (exact) mass is 338 g/mol. The number of rotatable bonds is 3. The van der Waals surface area contributed by atoms with E-state index >= 15 is 0 Å². The van der Waals surface area contributed by atoms with Gasteiger partial charge in [0.05, 0.1) is 21.7 Å². The molecule has 0 aliphatic carbocycles. The molecule has 1 unspecified atom stereocenters. The molecule has 0 radical (unpaired) electrons. The zero-order valence-corrected chi connectivity index (χ0v) is 12.2. The first-order valence-electron chi connectivity index (χ1n) is 5.50. The second kappa shape index (κ2) is 5.73. The molecular formula is C11H9Cl3N2O4. The molecule has 1 aromatic heterocycles. The fourth-order valence-corrected chi connectivity index (χ4v) is 2.33. The third-order valence-corrected chi connectivity index (χ3v) is 4.16. The van der Waals surface area contributed by atoms with Crippen molar-refractivity contribution >= 4 is 46.7 Å². The first-order valence-corrected chi connectivity index (χ1v) is 6.64. The topological polar surface area (TPSA) is 88.5 Å². The summed E-state index contributed by atoms with van der Waals surface area (Å²) in [7, 11) is 0. The Hall–Kier alpha value is -1.08. The van der Waals surface area contributed by atoms with Crippen LogP contribution in [-0.2, 0) is 9.53 Å².